The number of fused-ring (bicyclic) bond motifs is 6. The van der Waals surface area contributed by atoms with E-state index in [-0.39, 0.29) is 18.4 Å². The lowest BCUT2D eigenvalue weighted by atomic mass is 9.86. The monoisotopic (exact) mass is 306 g/mol. The molecule has 3 saturated heterocycles. The van der Waals surface area contributed by atoms with Crippen LogP contribution in [-0.4, -0.2) is 64.0 Å². The van der Waals surface area contributed by atoms with Crippen LogP contribution in [0.5, 0.6) is 0 Å². The van der Waals surface area contributed by atoms with Gasteiger partial charge in [0.1, 0.15) is 6.10 Å². The second-order valence-electron chi connectivity index (χ2n) is 5.27. The van der Waals surface area contributed by atoms with E-state index in [0.29, 0.717) is 18.1 Å². The summed E-state index contributed by atoms with van der Waals surface area (Å²) in [6.45, 7) is 0.528. The highest BCUT2D eigenvalue weighted by Gasteiger charge is 2.44. The number of rotatable bonds is 5. The highest BCUT2D eigenvalue weighted by Crippen LogP contribution is 2.33. The first-order valence-electron chi connectivity index (χ1n) is 7.02. The highest BCUT2D eigenvalue weighted by atomic mass is 32.2. The van der Waals surface area contributed by atoms with Crippen LogP contribution in [0.2, 0.25) is 0 Å². The molecule has 3 N–H and O–H groups in total. The van der Waals surface area contributed by atoms with Crippen molar-refractivity contribution in [2.45, 2.75) is 50.3 Å². The van der Waals surface area contributed by atoms with Crippen molar-refractivity contribution in [1.29, 1.82) is 0 Å². The summed E-state index contributed by atoms with van der Waals surface area (Å²) in [7, 11) is 0. The minimum absolute atomic E-state index is 0.111. The lowest BCUT2D eigenvalue weighted by molar-refractivity contribution is -0.277. The molecular weight excluding hydrogens is 284 g/mol. The van der Waals surface area contributed by atoms with Gasteiger partial charge in [-0.1, -0.05) is 6.42 Å². The van der Waals surface area contributed by atoms with E-state index in [1.54, 1.807) is 0 Å². The average molecular weight is 306 g/mol. The first-order chi connectivity index (χ1) is 9.59. The van der Waals surface area contributed by atoms with Crippen LogP contribution in [0.1, 0.15) is 25.7 Å². The smallest absolute Gasteiger partial charge is 0.304 e. The van der Waals surface area contributed by atoms with Crippen molar-refractivity contribution in [3.05, 3.63) is 0 Å². The summed E-state index contributed by atoms with van der Waals surface area (Å²) in [5.41, 5.74) is 0. The third-order valence-corrected chi connectivity index (χ3v) is 4.87. The summed E-state index contributed by atoms with van der Waals surface area (Å²) < 4.78 is 11.2. The summed E-state index contributed by atoms with van der Waals surface area (Å²) in [6, 6.07) is 0. The van der Waals surface area contributed by atoms with Crippen molar-refractivity contribution >= 4 is 17.7 Å². The van der Waals surface area contributed by atoms with Crippen molar-refractivity contribution in [1.82, 2.24) is 0 Å². The summed E-state index contributed by atoms with van der Waals surface area (Å²) in [5.74, 6) is 0.210. The molecule has 0 saturated carbocycles. The summed E-state index contributed by atoms with van der Waals surface area (Å²) >= 11 is 1.50. The molecule has 0 amide bonds. The van der Waals surface area contributed by atoms with Crippen molar-refractivity contribution in [3.8, 4) is 0 Å². The second kappa shape index (κ2) is 7.61. The summed E-state index contributed by atoms with van der Waals surface area (Å²) in [6.07, 6.45) is -0.0730. The molecule has 3 aliphatic heterocycles. The van der Waals surface area contributed by atoms with Crippen molar-refractivity contribution in [3.63, 3.8) is 0 Å². The Morgan fingerprint density at radius 1 is 1.25 bits per heavy atom. The normalized spacial score (nSPS) is 38.0. The third-order valence-electron chi connectivity index (χ3n) is 3.81. The Bertz CT molecular complexity index is 324. The minimum atomic E-state index is -1.00. The van der Waals surface area contributed by atoms with E-state index in [4.69, 9.17) is 14.6 Å². The molecule has 116 valence electrons. The molecule has 3 fully saturated rings. The molecule has 5 unspecified atom stereocenters. The van der Waals surface area contributed by atoms with Gasteiger partial charge in [-0.3, -0.25) is 4.79 Å². The van der Waals surface area contributed by atoms with Gasteiger partial charge in [0.05, 0.1) is 18.6 Å². The lowest BCUT2D eigenvalue weighted by Crippen LogP contribution is -2.55. The van der Waals surface area contributed by atoms with Crippen molar-refractivity contribution < 1.29 is 29.6 Å². The summed E-state index contributed by atoms with van der Waals surface area (Å²) in [4.78, 5) is 10.5. The van der Waals surface area contributed by atoms with Gasteiger partial charge < -0.3 is 24.8 Å². The SMILES string of the molecule is O=C(O)CCSCC1OC2OCCCCC1C(O)C2O. The molecule has 0 radical (unpaired) electrons. The number of ether oxygens (including phenoxy) is 2. The van der Waals surface area contributed by atoms with E-state index in [9.17, 15) is 15.0 Å². The second-order valence-corrected chi connectivity index (χ2v) is 6.42. The van der Waals surface area contributed by atoms with E-state index < -0.39 is 24.5 Å². The number of carboxylic acid groups (broad SMARTS) is 1. The largest absolute Gasteiger partial charge is 0.481 e. The van der Waals surface area contributed by atoms with E-state index >= 15 is 0 Å². The van der Waals surface area contributed by atoms with Gasteiger partial charge in [-0.15, -0.1) is 0 Å². The van der Waals surface area contributed by atoms with Crippen LogP contribution in [0.3, 0.4) is 0 Å². The Morgan fingerprint density at radius 3 is 2.80 bits per heavy atom. The van der Waals surface area contributed by atoms with Gasteiger partial charge >= 0.3 is 5.97 Å². The van der Waals surface area contributed by atoms with Crippen molar-refractivity contribution in [2.24, 2.45) is 5.92 Å². The number of carboxylic acids is 1. The molecule has 0 aliphatic carbocycles. The standard InChI is InChI=1S/C13H22O6S/c14-10(15)4-6-20-7-9-8-3-1-2-5-18-13(19-9)12(17)11(8)16/h8-9,11-13,16-17H,1-7H2,(H,14,15). The Labute approximate surface area is 122 Å². The predicted molar refractivity (Wildman–Crippen MR) is 73.5 cm³/mol. The van der Waals surface area contributed by atoms with E-state index in [1.807, 2.05) is 0 Å². The quantitative estimate of drug-likeness (QED) is 0.635. The number of thioether (sulfide) groups is 1. The zero-order chi connectivity index (χ0) is 14.5. The van der Waals surface area contributed by atoms with Crippen LogP contribution < -0.4 is 0 Å². The van der Waals surface area contributed by atoms with Crippen LogP contribution in [0.4, 0.5) is 0 Å². The van der Waals surface area contributed by atoms with Gasteiger partial charge in [0, 0.05) is 24.0 Å². The zero-order valence-corrected chi connectivity index (χ0v) is 12.1. The first-order valence-corrected chi connectivity index (χ1v) is 8.18. The molecular formula is C13H22O6S. The van der Waals surface area contributed by atoms with Gasteiger partial charge in [0.15, 0.2) is 6.29 Å². The van der Waals surface area contributed by atoms with Gasteiger partial charge in [0.25, 0.3) is 0 Å². The molecule has 3 heterocycles. The van der Waals surface area contributed by atoms with Gasteiger partial charge in [-0.05, 0) is 12.8 Å². The van der Waals surface area contributed by atoms with Crippen LogP contribution in [0.25, 0.3) is 0 Å². The van der Waals surface area contributed by atoms with Gasteiger partial charge in [-0.25, -0.2) is 0 Å². The van der Waals surface area contributed by atoms with Gasteiger partial charge in [-0.2, -0.15) is 11.8 Å². The Balaban J connectivity index is 1.92. The molecule has 6 nitrogen and oxygen atoms in total. The zero-order valence-electron chi connectivity index (χ0n) is 11.3. The molecule has 2 bridgehead atoms. The number of carbonyl (C=O) groups is 1. The molecule has 0 aromatic rings. The average Bonchev–Trinajstić information content (AvgIpc) is 2.54. The van der Waals surface area contributed by atoms with Crippen LogP contribution in [-0.2, 0) is 14.3 Å². The summed E-state index contributed by atoms with van der Waals surface area (Å²) in [5, 5.41) is 28.8. The van der Waals surface area contributed by atoms with Crippen LogP contribution >= 0.6 is 11.8 Å². The molecule has 0 aromatic carbocycles. The molecule has 0 aromatic heterocycles. The third kappa shape index (κ3) is 4.08. The number of aliphatic hydroxyl groups excluding tert-OH is 2. The lowest BCUT2D eigenvalue weighted by Gasteiger charge is -2.42. The Kier molecular flexibility index (Phi) is 6.10. The Morgan fingerprint density at radius 2 is 2.05 bits per heavy atom. The maximum Gasteiger partial charge on any atom is 0.304 e. The number of hydrogen-bond acceptors (Lipinski definition) is 6. The minimum Gasteiger partial charge on any atom is -0.481 e. The van der Waals surface area contributed by atoms with Crippen molar-refractivity contribution in [2.75, 3.05) is 18.1 Å². The van der Waals surface area contributed by atoms with E-state index in [2.05, 4.69) is 0 Å². The fourth-order valence-electron chi connectivity index (χ4n) is 2.69. The molecule has 3 aliphatic rings. The maximum atomic E-state index is 10.5. The predicted octanol–water partition coefficient (Wildman–Crippen LogP) is 0.458. The first kappa shape index (κ1) is 16.0. The molecule has 3 rings (SSSR count). The van der Waals surface area contributed by atoms with Crippen LogP contribution in [0, 0.1) is 5.92 Å². The number of hydrogen-bond donors (Lipinski definition) is 3. The maximum absolute atomic E-state index is 10.5. The number of aliphatic hydroxyl groups is 2. The van der Waals surface area contributed by atoms with E-state index in [0.717, 1.165) is 19.3 Å². The topological polar surface area (TPSA) is 96.2 Å². The number of aliphatic carboxylic acids is 1. The highest BCUT2D eigenvalue weighted by molar-refractivity contribution is 7.99. The molecule has 0 spiro atoms. The van der Waals surface area contributed by atoms with Gasteiger partial charge in [0.2, 0.25) is 0 Å². The fraction of sp³-hybridized carbons (Fsp3) is 0.923. The van der Waals surface area contributed by atoms with Crippen LogP contribution in [0.15, 0.2) is 0 Å². The molecule has 7 heteroatoms. The Hall–Kier alpha value is -0.340. The fourth-order valence-corrected chi connectivity index (χ4v) is 3.73. The molecule has 5 atom stereocenters. The molecule has 20 heavy (non-hydrogen) atoms. The van der Waals surface area contributed by atoms with E-state index in [1.165, 1.54) is 11.8 Å².